The Hall–Kier alpha value is -3.19. The predicted molar refractivity (Wildman–Crippen MR) is 107 cm³/mol. The highest BCUT2D eigenvalue weighted by molar-refractivity contribution is 6.02. The van der Waals surface area contributed by atoms with E-state index in [1.54, 1.807) is 12.3 Å². The lowest BCUT2D eigenvalue weighted by atomic mass is 10.0. The molecule has 1 aliphatic rings. The Morgan fingerprint density at radius 2 is 1.96 bits per heavy atom. The molecule has 0 saturated carbocycles. The van der Waals surface area contributed by atoms with Gasteiger partial charge in [0.1, 0.15) is 5.75 Å². The van der Waals surface area contributed by atoms with Crippen LogP contribution in [-0.2, 0) is 4.74 Å². The lowest BCUT2D eigenvalue weighted by Crippen LogP contribution is -2.37. The summed E-state index contributed by atoms with van der Waals surface area (Å²) >= 11 is 0. The maximum atomic E-state index is 10.2. The molecule has 7 nitrogen and oxygen atoms in total. The molecule has 0 bridgehead atoms. The van der Waals surface area contributed by atoms with Crippen molar-refractivity contribution in [3.8, 4) is 5.75 Å². The number of hydrogen-bond donors (Lipinski definition) is 2. The number of rotatable bonds is 4. The first-order valence-electron chi connectivity index (χ1n) is 8.89. The van der Waals surface area contributed by atoms with Crippen LogP contribution >= 0.6 is 0 Å². The summed E-state index contributed by atoms with van der Waals surface area (Å²) in [5, 5.41) is 16.5. The Bertz CT molecular complexity index is 983. The van der Waals surface area contributed by atoms with E-state index in [-0.39, 0.29) is 5.75 Å². The topological polar surface area (TPSA) is 82.9 Å². The van der Waals surface area contributed by atoms with Crippen molar-refractivity contribution < 1.29 is 9.84 Å². The van der Waals surface area contributed by atoms with E-state index in [0.29, 0.717) is 30.5 Å². The number of benzene rings is 2. The number of aromatic nitrogens is 2. The van der Waals surface area contributed by atoms with Crippen LogP contribution in [0.15, 0.2) is 47.6 Å². The molecule has 0 spiro atoms. The van der Waals surface area contributed by atoms with Gasteiger partial charge >= 0.3 is 0 Å². The minimum Gasteiger partial charge on any atom is -0.507 e. The Morgan fingerprint density at radius 1 is 1.15 bits per heavy atom. The summed E-state index contributed by atoms with van der Waals surface area (Å²) in [5.41, 5.74) is 4.48. The standard InChI is InChI=1S/C20H21N5O2/c1-14-12-19(23-20(22-14)25-8-10-27-11-9-25)24-21-13-17-16-5-3-2-4-15(16)6-7-18(17)26/h2-7,12-13,26H,8-11H2,1H3,(H,22,23,24)/b21-13+. The van der Waals surface area contributed by atoms with Gasteiger partial charge in [-0.05, 0) is 23.8 Å². The summed E-state index contributed by atoms with van der Waals surface area (Å²) in [6, 6.07) is 13.3. The van der Waals surface area contributed by atoms with E-state index in [1.807, 2.05) is 43.3 Å². The summed E-state index contributed by atoms with van der Waals surface area (Å²) in [7, 11) is 0. The van der Waals surface area contributed by atoms with E-state index < -0.39 is 0 Å². The average molecular weight is 363 g/mol. The minimum atomic E-state index is 0.187. The number of nitrogens with one attached hydrogen (secondary N) is 1. The van der Waals surface area contributed by atoms with Gasteiger partial charge in [0.15, 0.2) is 5.82 Å². The van der Waals surface area contributed by atoms with Crippen molar-refractivity contribution in [3.05, 3.63) is 53.7 Å². The van der Waals surface area contributed by atoms with Crippen molar-refractivity contribution in [2.45, 2.75) is 6.92 Å². The van der Waals surface area contributed by atoms with Gasteiger partial charge in [-0.2, -0.15) is 10.1 Å². The molecule has 1 aromatic heterocycles. The number of nitrogens with zero attached hydrogens (tertiary/aromatic N) is 4. The quantitative estimate of drug-likeness (QED) is 0.548. The SMILES string of the molecule is Cc1cc(N/N=C/c2c(O)ccc3ccccc23)nc(N2CCOCC2)n1. The smallest absolute Gasteiger partial charge is 0.227 e. The third-order valence-electron chi connectivity index (χ3n) is 4.46. The van der Waals surface area contributed by atoms with Crippen LogP contribution in [0, 0.1) is 6.92 Å². The Kier molecular flexibility index (Phi) is 4.84. The maximum Gasteiger partial charge on any atom is 0.227 e. The summed E-state index contributed by atoms with van der Waals surface area (Å²) < 4.78 is 5.38. The molecule has 0 atom stereocenters. The van der Waals surface area contributed by atoms with Crippen LogP contribution in [0.2, 0.25) is 0 Å². The van der Waals surface area contributed by atoms with Crippen molar-refractivity contribution in [1.29, 1.82) is 0 Å². The number of hydrogen-bond acceptors (Lipinski definition) is 7. The molecule has 0 unspecified atom stereocenters. The fourth-order valence-corrected chi connectivity index (χ4v) is 3.10. The third-order valence-corrected chi connectivity index (χ3v) is 4.46. The van der Waals surface area contributed by atoms with Gasteiger partial charge in [-0.3, -0.25) is 5.43 Å². The second kappa shape index (κ2) is 7.59. The van der Waals surface area contributed by atoms with E-state index in [9.17, 15) is 5.11 Å². The Labute approximate surface area is 157 Å². The van der Waals surface area contributed by atoms with Crippen LogP contribution in [-0.4, -0.2) is 47.6 Å². The number of anilines is 2. The summed E-state index contributed by atoms with van der Waals surface area (Å²) in [6.07, 6.45) is 1.61. The highest BCUT2D eigenvalue weighted by atomic mass is 16.5. The van der Waals surface area contributed by atoms with Crippen molar-refractivity contribution in [3.63, 3.8) is 0 Å². The molecule has 2 heterocycles. The fraction of sp³-hybridized carbons (Fsp3) is 0.250. The Morgan fingerprint density at radius 3 is 2.81 bits per heavy atom. The largest absolute Gasteiger partial charge is 0.507 e. The molecule has 1 saturated heterocycles. The van der Waals surface area contributed by atoms with Crippen LogP contribution in [0.1, 0.15) is 11.3 Å². The van der Waals surface area contributed by atoms with Crippen LogP contribution in [0.25, 0.3) is 10.8 Å². The number of aryl methyl sites for hydroxylation is 1. The minimum absolute atomic E-state index is 0.187. The first-order chi connectivity index (χ1) is 13.2. The molecule has 1 aliphatic heterocycles. The number of morpholine rings is 1. The highest BCUT2D eigenvalue weighted by Gasteiger charge is 2.14. The molecular weight excluding hydrogens is 342 g/mol. The van der Waals surface area contributed by atoms with Crippen molar-refractivity contribution in [2.24, 2.45) is 5.10 Å². The molecule has 0 aliphatic carbocycles. The third kappa shape index (κ3) is 3.83. The van der Waals surface area contributed by atoms with Gasteiger partial charge < -0.3 is 14.7 Å². The summed E-state index contributed by atoms with van der Waals surface area (Å²) in [4.78, 5) is 11.2. The molecular formula is C20H21N5O2. The maximum absolute atomic E-state index is 10.2. The lowest BCUT2D eigenvalue weighted by Gasteiger charge is -2.27. The van der Waals surface area contributed by atoms with Gasteiger partial charge in [-0.25, -0.2) is 4.98 Å². The summed E-state index contributed by atoms with van der Waals surface area (Å²) in [5.74, 6) is 1.47. The van der Waals surface area contributed by atoms with E-state index in [1.165, 1.54) is 0 Å². The Balaban J connectivity index is 1.57. The van der Waals surface area contributed by atoms with E-state index in [0.717, 1.165) is 29.6 Å². The molecule has 2 aromatic carbocycles. The number of fused-ring (bicyclic) bond motifs is 1. The van der Waals surface area contributed by atoms with Gasteiger partial charge in [-0.1, -0.05) is 30.3 Å². The van der Waals surface area contributed by atoms with Crippen LogP contribution in [0.4, 0.5) is 11.8 Å². The van der Waals surface area contributed by atoms with Gasteiger partial charge in [0, 0.05) is 30.4 Å². The van der Waals surface area contributed by atoms with Crippen LogP contribution < -0.4 is 10.3 Å². The van der Waals surface area contributed by atoms with Crippen LogP contribution in [0.3, 0.4) is 0 Å². The predicted octanol–water partition coefficient (Wildman–Crippen LogP) is 2.93. The zero-order valence-corrected chi connectivity index (χ0v) is 15.1. The molecule has 0 amide bonds. The normalized spacial score (nSPS) is 14.8. The number of phenols is 1. The number of phenolic OH excluding ortho intramolecular Hbond substituents is 1. The second-order valence-corrected chi connectivity index (χ2v) is 6.38. The zero-order chi connectivity index (χ0) is 18.6. The average Bonchev–Trinajstić information content (AvgIpc) is 2.70. The molecule has 138 valence electrons. The number of hydrazone groups is 1. The highest BCUT2D eigenvalue weighted by Crippen LogP contribution is 2.25. The molecule has 0 radical (unpaired) electrons. The first-order valence-corrected chi connectivity index (χ1v) is 8.89. The van der Waals surface area contributed by atoms with Gasteiger partial charge in [-0.15, -0.1) is 0 Å². The molecule has 3 aromatic rings. The van der Waals surface area contributed by atoms with Gasteiger partial charge in [0.05, 0.1) is 19.4 Å². The second-order valence-electron chi connectivity index (χ2n) is 6.38. The molecule has 7 heteroatoms. The number of aromatic hydroxyl groups is 1. The van der Waals surface area contributed by atoms with E-state index in [4.69, 9.17) is 4.74 Å². The molecule has 1 fully saturated rings. The lowest BCUT2D eigenvalue weighted by molar-refractivity contribution is 0.122. The van der Waals surface area contributed by atoms with Gasteiger partial charge in [0.25, 0.3) is 0 Å². The van der Waals surface area contributed by atoms with E-state index in [2.05, 4.69) is 25.4 Å². The fourth-order valence-electron chi connectivity index (χ4n) is 3.10. The molecule has 4 rings (SSSR count). The zero-order valence-electron chi connectivity index (χ0n) is 15.1. The van der Waals surface area contributed by atoms with Crippen molar-refractivity contribution in [1.82, 2.24) is 9.97 Å². The van der Waals surface area contributed by atoms with Crippen molar-refractivity contribution in [2.75, 3.05) is 36.6 Å². The van der Waals surface area contributed by atoms with E-state index >= 15 is 0 Å². The number of ether oxygens (including phenoxy) is 1. The molecule has 2 N–H and O–H groups in total. The van der Waals surface area contributed by atoms with Crippen molar-refractivity contribution >= 4 is 28.8 Å². The summed E-state index contributed by atoms with van der Waals surface area (Å²) in [6.45, 7) is 4.83. The van der Waals surface area contributed by atoms with Crippen LogP contribution in [0.5, 0.6) is 5.75 Å². The molecule has 27 heavy (non-hydrogen) atoms. The van der Waals surface area contributed by atoms with Gasteiger partial charge in [0.2, 0.25) is 5.95 Å². The monoisotopic (exact) mass is 363 g/mol. The first kappa shape index (κ1) is 17.2.